The average Bonchev–Trinajstić information content (AvgIpc) is 3.11. The van der Waals surface area contributed by atoms with Gasteiger partial charge in [-0.15, -0.1) is 0 Å². The lowest BCUT2D eigenvalue weighted by molar-refractivity contribution is 0.197. The normalized spacial score (nSPS) is 21.9. The number of hydrogen-bond acceptors (Lipinski definition) is 4. The van der Waals surface area contributed by atoms with Crippen molar-refractivity contribution in [3.05, 3.63) is 24.3 Å². The fourth-order valence-corrected chi connectivity index (χ4v) is 5.15. The van der Waals surface area contributed by atoms with E-state index in [4.69, 9.17) is 0 Å². The third kappa shape index (κ3) is 3.77. The molecule has 9 heteroatoms. The summed E-state index contributed by atoms with van der Waals surface area (Å²) >= 11 is 0. The lowest BCUT2D eigenvalue weighted by Crippen LogP contribution is -2.43. The first-order chi connectivity index (χ1) is 12.3. The predicted molar refractivity (Wildman–Crippen MR) is 100 cm³/mol. The fourth-order valence-electron chi connectivity index (χ4n) is 3.42. The summed E-state index contributed by atoms with van der Waals surface area (Å²) in [6.07, 6.45) is 0.470. The van der Waals surface area contributed by atoms with Crippen molar-refractivity contribution in [2.45, 2.75) is 19.4 Å². The van der Waals surface area contributed by atoms with Crippen molar-refractivity contribution in [1.82, 2.24) is 9.80 Å². The Morgan fingerprint density at radius 2 is 2.12 bits per heavy atom. The number of rotatable bonds is 4. The van der Waals surface area contributed by atoms with Gasteiger partial charge >= 0.3 is 12.1 Å². The quantitative estimate of drug-likeness (QED) is 0.859. The molecule has 0 bridgehead atoms. The van der Waals surface area contributed by atoms with Crippen LogP contribution in [0.1, 0.15) is 13.3 Å². The highest BCUT2D eigenvalue weighted by molar-refractivity contribution is 7.91. The van der Waals surface area contributed by atoms with Gasteiger partial charge in [-0.25, -0.2) is 18.0 Å². The van der Waals surface area contributed by atoms with E-state index in [0.29, 0.717) is 31.7 Å². The highest BCUT2D eigenvalue weighted by Crippen LogP contribution is 2.24. The molecule has 1 aromatic carbocycles. The van der Waals surface area contributed by atoms with E-state index in [1.54, 1.807) is 39.9 Å². The van der Waals surface area contributed by atoms with Crippen molar-refractivity contribution >= 4 is 33.3 Å². The maximum atomic E-state index is 12.6. The van der Waals surface area contributed by atoms with Gasteiger partial charge in [0.1, 0.15) is 0 Å². The zero-order valence-electron chi connectivity index (χ0n) is 15.0. The van der Waals surface area contributed by atoms with Gasteiger partial charge in [-0.2, -0.15) is 0 Å². The van der Waals surface area contributed by atoms with E-state index in [9.17, 15) is 18.0 Å². The molecule has 8 nitrogen and oxygen atoms in total. The summed E-state index contributed by atoms with van der Waals surface area (Å²) in [5, 5.41) is 2.83. The Morgan fingerprint density at radius 1 is 1.35 bits per heavy atom. The van der Waals surface area contributed by atoms with Crippen molar-refractivity contribution in [3.8, 4) is 0 Å². The molecule has 2 aliphatic rings. The lowest BCUT2D eigenvalue weighted by atomic mass is 10.2. The van der Waals surface area contributed by atoms with E-state index in [0.717, 1.165) is 5.69 Å². The standard InChI is InChI=1S/C17H24N4O4S/c1-3-20(15-7-10-26(24,25)12-15)16(22)18-13-5-4-6-14(11-13)21-9-8-19(2)17(21)23/h4-6,11,15H,3,7-10,12H2,1-2H3,(H,18,22)/t15-/m0/s1. The smallest absolute Gasteiger partial charge is 0.324 e. The second-order valence-corrected chi connectivity index (χ2v) is 8.91. The molecule has 1 atom stereocenters. The maximum absolute atomic E-state index is 12.6. The first kappa shape index (κ1) is 18.5. The topological polar surface area (TPSA) is 90.0 Å². The summed E-state index contributed by atoms with van der Waals surface area (Å²) in [7, 11) is -1.30. The first-order valence-corrected chi connectivity index (χ1v) is 10.5. The third-order valence-corrected chi connectivity index (χ3v) is 6.63. The van der Waals surface area contributed by atoms with E-state index in [-0.39, 0.29) is 29.6 Å². The maximum Gasteiger partial charge on any atom is 0.324 e. The molecule has 0 spiro atoms. The summed E-state index contributed by atoms with van der Waals surface area (Å²) in [5.41, 5.74) is 1.30. The molecule has 2 fully saturated rings. The first-order valence-electron chi connectivity index (χ1n) is 8.71. The number of hydrogen-bond donors (Lipinski definition) is 1. The molecule has 1 aromatic rings. The Balaban J connectivity index is 1.71. The van der Waals surface area contributed by atoms with Gasteiger partial charge < -0.3 is 15.1 Å². The third-order valence-electron chi connectivity index (χ3n) is 4.88. The molecule has 2 heterocycles. The van der Waals surface area contributed by atoms with Crippen LogP contribution in [-0.4, -0.2) is 74.5 Å². The van der Waals surface area contributed by atoms with E-state index in [2.05, 4.69) is 5.32 Å². The van der Waals surface area contributed by atoms with Crippen molar-refractivity contribution < 1.29 is 18.0 Å². The van der Waals surface area contributed by atoms with Crippen LogP contribution in [-0.2, 0) is 9.84 Å². The lowest BCUT2D eigenvalue weighted by Gasteiger charge is -2.27. The van der Waals surface area contributed by atoms with Gasteiger partial charge in [-0.3, -0.25) is 4.90 Å². The highest BCUT2D eigenvalue weighted by Gasteiger charge is 2.34. The van der Waals surface area contributed by atoms with Gasteiger partial charge in [0.2, 0.25) is 0 Å². The van der Waals surface area contributed by atoms with Crippen LogP contribution in [0.25, 0.3) is 0 Å². The molecule has 26 heavy (non-hydrogen) atoms. The minimum Gasteiger partial charge on any atom is -0.326 e. The van der Waals surface area contributed by atoms with Crippen LogP contribution in [0, 0.1) is 0 Å². The number of nitrogens with zero attached hydrogens (tertiary/aromatic N) is 3. The van der Waals surface area contributed by atoms with Gasteiger partial charge in [0.15, 0.2) is 9.84 Å². The minimum atomic E-state index is -3.06. The zero-order valence-corrected chi connectivity index (χ0v) is 15.8. The summed E-state index contributed by atoms with van der Waals surface area (Å²) < 4.78 is 23.4. The number of likely N-dealkylation sites (N-methyl/N-ethyl adjacent to an activating group) is 1. The Labute approximate surface area is 153 Å². The second kappa shape index (κ2) is 7.14. The SMILES string of the molecule is CCN(C(=O)Nc1cccc(N2CCN(C)C2=O)c1)[C@H]1CCS(=O)(=O)C1. The van der Waals surface area contributed by atoms with E-state index in [1.807, 2.05) is 13.0 Å². The molecule has 142 valence electrons. The largest absolute Gasteiger partial charge is 0.326 e. The number of carbonyl (C=O) groups excluding carboxylic acids is 2. The molecule has 0 radical (unpaired) electrons. The molecule has 1 N–H and O–H groups in total. The summed E-state index contributed by atoms with van der Waals surface area (Å²) in [6.45, 7) is 3.53. The molecule has 0 aliphatic carbocycles. The number of carbonyl (C=O) groups is 2. The van der Waals surface area contributed by atoms with E-state index in [1.165, 1.54) is 0 Å². The van der Waals surface area contributed by atoms with Crippen LogP contribution >= 0.6 is 0 Å². The van der Waals surface area contributed by atoms with Gasteiger partial charge in [0, 0.05) is 44.1 Å². The van der Waals surface area contributed by atoms with Crippen LogP contribution in [0.3, 0.4) is 0 Å². The summed E-state index contributed by atoms with van der Waals surface area (Å²) in [5.74, 6) is 0.143. The Morgan fingerprint density at radius 3 is 2.69 bits per heavy atom. The fraction of sp³-hybridized carbons (Fsp3) is 0.529. The minimum absolute atomic E-state index is 0.0168. The van der Waals surface area contributed by atoms with E-state index < -0.39 is 9.84 Å². The number of benzene rings is 1. The average molecular weight is 380 g/mol. The van der Waals surface area contributed by atoms with Crippen LogP contribution in [0.2, 0.25) is 0 Å². The summed E-state index contributed by atoms with van der Waals surface area (Å²) in [6, 6.07) is 6.44. The van der Waals surface area contributed by atoms with Crippen molar-refractivity contribution in [2.24, 2.45) is 0 Å². The summed E-state index contributed by atoms with van der Waals surface area (Å²) in [4.78, 5) is 29.6. The molecule has 2 aliphatic heterocycles. The zero-order chi connectivity index (χ0) is 18.9. The van der Waals surface area contributed by atoms with Crippen LogP contribution in [0.4, 0.5) is 21.0 Å². The van der Waals surface area contributed by atoms with Crippen molar-refractivity contribution in [3.63, 3.8) is 0 Å². The van der Waals surface area contributed by atoms with Crippen molar-refractivity contribution in [1.29, 1.82) is 0 Å². The number of anilines is 2. The van der Waals surface area contributed by atoms with Gasteiger partial charge in [0.05, 0.1) is 11.5 Å². The van der Waals surface area contributed by atoms with Crippen LogP contribution < -0.4 is 10.2 Å². The molecule has 0 saturated carbocycles. The molecule has 4 amide bonds. The molecule has 3 rings (SSSR count). The Hall–Kier alpha value is -2.29. The molecular weight excluding hydrogens is 356 g/mol. The number of urea groups is 2. The van der Waals surface area contributed by atoms with Gasteiger partial charge in [-0.05, 0) is 31.5 Å². The molecule has 0 aromatic heterocycles. The monoisotopic (exact) mass is 380 g/mol. The van der Waals surface area contributed by atoms with Gasteiger partial charge in [0.25, 0.3) is 0 Å². The van der Waals surface area contributed by atoms with Crippen LogP contribution in [0.15, 0.2) is 24.3 Å². The Bertz CT molecular complexity index is 811. The van der Waals surface area contributed by atoms with E-state index >= 15 is 0 Å². The van der Waals surface area contributed by atoms with Gasteiger partial charge in [-0.1, -0.05) is 6.07 Å². The number of amides is 4. The molecule has 2 saturated heterocycles. The molecule has 0 unspecified atom stereocenters. The van der Waals surface area contributed by atoms with Crippen LogP contribution in [0.5, 0.6) is 0 Å². The Kier molecular flexibility index (Phi) is 5.08. The number of sulfone groups is 1. The molecular formula is C17H24N4O4S. The second-order valence-electron chi connectivity index (χ2n) is 6.68. The number of nitrogens with one attached hydrogen (secondary N) is 1. The highest BCUT2D eigenvalue weighted by atomic mass is 32.2. The predicted octanol–water partition coefficient (Wildman–Crippen LogP) is 1.60. The van der Waals surface area contributed by atoms with Crippen molar-refractivity contribution in [2.75, 3.05) is 48.4 Å².